The highest BCUT2D eigenvalue weighted by molar-refractivity contribution is 6.28. The van der Waals surface area contributed by atoms with Gasteiger partial charge in [-0.1, -0.05) is 32.6 Å². The second-order valence-corrected chi connectivity index (χ2v) is 4.20. The molecule has 0 N–H and O–H groups in total. The average molecular weight is 274 g/mol. The van der Waals surface area contributed by atoms with Gasteiger partial charge in [0.1, 0.15) is 0 Å². The third kappa shape index (κ3) is 6.00. The molecule has 0 radical (unpaired) electrons. The molecular weight excluding hydrogens is 254 g/mol. The molecule has 18 heavy (non-hydrogen) atoms. The zero-order valence-corrected chi connectivity index (χ0v) is 11.7. The van der Waals surface area contributed by atoms with Gasteiger partial charge in [0.25, 0.3) is 0 Å². The lowest BCUT2D eigenvalue weighted by Crippen LogP contribution is -2.05. The Balaban J connectivity index is 2.32. The van der Waals surface area contributed by atoms with Crippen molar-refractivity contribution in [3.8, 4) is 12.0 Å². The second kappa shape index (κ2) is 8.91. The number of halogens is 1. The van der Waals surface area contributed by atoms with E-state index in [-0.39, 0.29) is 17.3 Å². The number of hydrogen-bond donors (Lipinski definition) is 0. The van der Waals surface area contributed by atoms with Crippen LogP contribution in [0.5, 0.6) is 12.0 Å². The molecule has 0 saturated carbocycles. The highest BCUT2D eigenvalue weighted by atomic mass is 35.5. The molecular formula is C12H20ClN3O2. The lowest BCUT2D eigenvalue weighted by atomic mass is 10.2. The van der Waals surface area contributed by atoms with Crippen molar-refractivity contribution in [2.75, 3.05) is 13.2 Å². The Morgan fingerprint density at radius 2 is 1.56 bits per heavy atom. The molecule has 0 aromatic carbocycles. The van der Waals surface area contributed by atoms with Crippen LogP contribution in [-0.2, 0) is 0 Å². The number of hydrogen-bond acceptors (Lipinski definition) is 5. The number of aromatic nitrogens is 3. The highest BCUT2D eigenvalue weighted by Crippen LogP contribution is 2.13. The van der Waals surface area contributed by atoms with Crippen LogP contribution in [0.25, 0.3) is 0 Å². The molecule has 1 aromatic rings. The van der Waals surface area contributed by atoms with Gasteiger partial charge in [-0.05, 0) is 24.9 Å². The molecule has 0 spiro atoms. The monoisotopic (exact) mass is 273 g/mol. The largest absolute Gasteiger partial charge is 0.464 e. The summed E-state index contributed by atoms with van der Waals surface area (Å²) >= 11 is 5.74. The summed E-state index contributed by atoms with van der Waals surface area (Å²) in [7, 11) is 0. The van der Waals surface area contributed by atoms with Gasteiger partial charge in [0, 0.05) is 0 Å². The van der Waals surface area contributed by atoms with Crippen molar-refractivity contribution in [1.29, 1.82) is 0 Å². The van der Waals surface area contributed by atoms with E-state index in [1.165, 1.54) is 19.3 Å². The highest BCUT2D eigenvalue weighted by Gasteiger charge is 2.06. The molecule has 1 aromatic heterocycles. The Bertz CT molecular complexity index is 350. The van der Waals surface area contributed by atoms with Crippen molar-refractivity contribution < 1.29 is 9.47 Å². The Morgan fingerprint density at radius 1 is 0.889 bits per heavy atom. The lowest BCUT2D eigenvalue weighted by molar-refractivity contribution is 0.262. The molecule has 0 fully saturated rings. The van der Waals surface area contributed by atoms with E-state index in [0.29, 0.717) is 13.2 Å². The molecule has 1 rings (SSSR count). The summed E-state index contributed by atoms with van der Waals surface area (Å²) in [6.07, 6.45) is 5.90. The molecule has 0 bridgehead atoms. The number of rotatable bonds is 9. The van der Waals surface area contributed by atoms with E-state index >= 15 is 0 Å². The standard InChI is InChI=1S/C12H20ClN3O2/c1-3-5-6-7-8-9-18-12-15-10(13)14-11(16-12)17-4-2/h3-9H2,1-2H3. The zero-order chi connectivity index (χ0) is 13.2. The van der Waals surface area contributed by atoms with Crippen LogP contribution < -0.4 is 9.47 Å². The van der Waals surface area contributed by atoms with Gasteiger partial charge < -0.3 is 9.47 Å². The molecule has 0 aliphatic rings. The van der Waals surface area contributed by atoms with Gasteiger partial charge in [-0.25, -0.2) is 0 Å². The number of nitrogens with zero attached hydrogens (tertiary/aromatic N) is 3. The summed E-state index contributed by atoms with van der Waals surface area (Å²) < 4.78 is 10.6. The van der Waals surface area contributed by atoms with Gasteiger partial charge in [0.15, 0.2) is 0 Å². The molecule has 0 saturated heterocycles. The summed E-state index contributed by atoms with van der Waals surface area (Å²) in [5.74, 6) is 0. The lowest BCUT2D eigenvalue weighted by Gasteiger charge is -2.06. The van der Waals surface area contributed by atoms with Crippen molar-refractivity contribution in [1.82, 2.24) is 15.0 Å². The second-order valence-electron chi connectivity index (χ2n) is 3.87. The number of ether oxygens (including phenoxy) is 2. The third-order valence-electron chi connectivity index (χ3n) is 2.32. The van der Waals surface area contributed by atoms with Crippen LogP contribution in [0.15, 0.2) is 0 Å². The first kappa shape index (κ1) is 15.0. The molecule has 6 heteroatoms. The Hall–Kier alpha value is -1.10. The van der Waals surface area contributed by atoms with Gasteiger partial charge in [0.2, 0.25) is 5.28 Å². The van der Waals surface area contributed by atoms with Crippen LogP contribution in [-0.4, -0.2) is 28.2 Å². The number of unbranched alkanes of at least 4 members (excludes halogenated alkanes) is 4. The molecule has 0 aliphatic heterocycles. The zero-order valence-electron chi connectivity index (χ0n) is 11.0. The van der Waals surface area contributed by atoms with Crippen molar-refractivity contribution in [2.24, 2.45) is 0 Å². The molecule has 0 unspecified atom stereocenters. The Labute approximate surface area is 113 Å². The Morgan fingerprint density at radius 3 is 2.22 bits per heavy atom. The van der Waals surface area contributed by atoms with E-state index in [1.54, 1.807) is 0 Å². The molecule has 0 amide bonds. The SMILES string of the molecule is CCCCCCCOc1nc(Cl)nc(OCC)n1. The molecule has 1 heterocycles. The Kier molecular flexibility index (Phi) is 7.41. The minimum absolute atomic E-state index is 0.0921. The van der Waals surface area contributed by atoms with Gasteiger partial charge >= 0.3 is 12.0 Å². The molecule has 0 aliphatic carbocycles. The van der Waals surface area contributed by atoms with Crippen LogP contribution in [0.2, 0.25) is 5.28 Å². The molecule has 102 valence electrons. The van der Waals surface area contributed by atoms with Crippen LogP contribution in [0.1, 0.15) is 46.0 Å². The van der Waals surface area contributed by atoms with Crippen LogP contribution in [0.4, 0.5) is 0 Å². The first-order valence-corrected chi connectivity index (χ1v) is 6.81. The quantitative estimate of drug-likeness (QED) is 0.646. The van der Waals surface area contributed by atoms with E-state index in [2.05, 4.69) is 21.9 Å². The third-order valence-corrected chi connectivity index (χ3v) is 2.49. The van der Waals surface area contributed by atoms with E-state index in [1.807, 2.05) is 6.92 Å². The summed E-state index contributed by atoms with van der Waals surface area (Å²) in [6.45, 7) is 5.12. The smallest absolute Gasteiger partial charge is 0.323 e. The minimum atomic E-state index is 0.0921. The minimum Gasteiger partial charge on any atom is -0.464 e. The maximum absolute atomic E-state index is 5.74. The van der Waals surface area contributed by atoms with E-state index in [0.717, 1.165) is 12.8 Å². The summed E-state index contributed by atoms with van der Waals surface area (Å²) in [5.41, 5.74) is 0. The van der Waals surface area contributed by atoms with Crippen molar-refractivity contribution in [3.63, 3.8) is 0 Å². The van der Waals surface area contributed by atoms with Gasteiger partial charge in [-0.3, -0.25) is 0 Å². The van der Waals surface area contributed by atoms with Crippen molar-refractivity contribution in [3.05, 3.63) is 5.28 Å². The first-order valence-electron chi connectivity index (χ1n) is 6.43. The predicted molar refractivity (Wildman–Crippen MR) is 70.3 cm³/mol. The average Bonchev–Trinajstić information content (AvgIpc) is 2.33. The first-order chi connectivity index (χ1) is 8.76. The fourth-order valence-corrected chi connectivity index (χ4v) is 1.59. The maximum atomic E-state index is 5.74. The topological polar surface area (TPSA) is 57.1 Å². The fourth-order valence-electron chi connectivity index (χ4n) is 1.44. The van der Waals surface area contributed by atoms with Crippen molar-refractivity contribution >= 4 is 11.6 Å². The van der Waals surface area contributed by atoms with Crippen LogP contribution in [0.3, 0.4) is 0 Å². The molecule has 0 atom stereocenters. The van der Waals surface area contributed by atoms with E-state index < -0.39 is 0 Å². The summed E-state index contributed by atoms with van der Waals surface area (Å²) in [4.78, 5) is 11.7. The maximum Gasteiger partial charge on any atom is 0.323 e. The van der Waals surface area contributed by atoms with Gasteiger partial charge in [-0.2, -0.15) is 9.97 Å². The van der Waals surface area contributed by atoms with Gasteiger partial charge in [-0.15, -0.1) is 4.98 Å². The van der Waals surface area contributed by atoms with Crippen molar-refractivity contribution in [2.45, 2.75) is 46.0 Å². The fraction of sp³-hybridized carbons (Fsp3) is 0.750. The summed E-state index contributed by atoms with van der Waals surface area (Å²) in [6, 6.07) is 0.437. The van der Waals surface area contributed by atoms with Gasteiger partial charge in [0.05, 0.1) is 13.2 Å². The van der Waals surface area contributed by atoms with Crippen LogP contribution >= 0.6 is 11.6 Å². The normalized spacial score (nSPS) is 10.4. The van der Waals surface area contributed by atoms with E-state index in [9.17, 15) is 0 Å². The summed E-state index contributed by atoms with van der Waals surface area (Å²) in [5, 5.41) is 0.0921. The van der Waals surface area contributed by atoms with E-state index in [4.69, 9.17) is 21.1 Å². The molecule has 5 nitrogen and oxygen atoms in total. The predicted octanol–water partition coefficient (Wildman–Crippen LogP) is 3.27. The van der Waals surface area contributed by atoms with Crippen LogP contribution in [0, 0.1) is 0 Å².